The number of aromatic amines is 1. The molecule has 1 heterocycles. The van der Waals surface area contributed by atoms with Crippen LogP contribution in [0.15, 0.2) is 126 Å². The third kappa shape index (κ3) is 13.5. The van der Waals surface area contributed by atoms with Gasteiger partial charge in [0.2, 0.25) is 0 Å². The van der Waals surface area contributed by atoms with Gasteiger partial charge in [-0.05, 0) is 85.1 Å². The number of benzene rings is 5. The van der Waals surface area contributed by atoms with Gasteiger partial charge in [0.15, 0.2) is 5.69 Å². The summed E-state index contributed by atoms with van der Waals surface area (Å²) in [6.07, 6.45) is 0. The van der Waals surface area contributed by atoms with E-state index < -0.39 is 70.7 Å². The molecule has 1 aromatic heterocycles. The average Bonchev–Trinajstić information content (AvgIpc) is 3.53. The van der Waals surface area contributed by atoms with Crippen LogP contribution in [-0.4, -0.2) is 58.7 Å². The number of hydrogen-bond acceptors (Lipinski definition) is 17. The largest absolute Gasteiger partial charge is 3.00 e. The van der Waals surface area contributed by atoms with Gasteiger partial charge in [-0.25, -0.2) is 46.0 Å². The van der Waals surface area contributed by atoms with Gasteiger partial charge in [0, 0.05) is 31.4 Å². The van der Waals surface area contributed by atoms with E-state index in [0.717, 1.165) is 36.4 Å². The molecule has 0 atom stereocenters. The van der Waals surface area contributed by atoms with Crippen LogP contribution in [0, 0.1) is 6.92 Å². The molecular formula is C38H33ClCoN11NaO12S2+. The van der Waals surface area contributed by atoms with Crippen molar-refractivity contribution < 1.29 is 97.7 Å². The van der Waals surface area contributed by atoms with Gasteiger partial charge in [-0.3, -0.25) is 14.7 Å². The van der Waals surface area contributed by atoms with E-state index in [1.54, 1.807) is 58.8 Å². The number of sulfonamides is 2. The number of urea groups is 2. The van der Waals surface area contributed by atoms with Gasteiger partial charge in [0.05, 0.1) is 43.9 Å². The minimum Gasteiger partial charge on any atom is -0.871 e. The number of fused-ring (bicyclic) bond motifs is 1. The fraction of sp³-hybridized carbons (Fsp3) is 0.105. The molecule has 0 bridgehead atoms. The predicted octanol–water partition coefficient (Wildman–Crippen LogP) is 1.15. The summed E-state index contributed by atoms with van der Waals surface area (Å²) in [6.45, 7) is 2.83. The molecule has 5 aromatic carbocycles. The van der Waals surface area contributed by atoms with Crippen molar-refractivity contribution in [2.24, 2.45) is 20.5 Å². The number of rotatable bonds is 11. The van der Waals surface area contributed by atoms with Crippen LogP contribution in [0.4, 0.5) is 38.0 Å². The van der Waals surface area contributed by atoms with Crippen LogP contribution in [0.2, 0.25) is 5.02 Å². The zero-order valence-electron chi connectivity index (χ0n) is 34.8. The van der Waals surface area contributed by atoms with E-state index in [-0.39, 0.29) is 69.1 Å². The number of halogens is 1. The molecule has 4 amide bonds. The topological polar surface area (TPSA) is 345 Å². The molecule has 0 saturated carbocycles. The Balaban J connectivity index is 0.000000341. The van der Waals surface area contributed by atoms with Crippen molar-refractivity contribution in [1.29, 1.82) is 0 Å². The van der Waals surface area contributed by atoms with E-state index in [9.17, 15) is 51.3 Å². The Hall–Kier alpha value is -6.52. The van der Waals surface area contributed by atoms with Crippen molar-refractivity contribution in [2.45, 2.75) is 23.6 Å². The first-order chi connectivity index (χ1) is 30.2. The Bertz CT molecular complexity index is 3140. The number of aromatic nitrogens is 2. The fourth-order valence-electron chi connectivity index (χ4n) is 5.17. The molecule has 0 aliphatic heterocycles. The summed E-state index contributed by atoms with van der Waals surface area (Å²) < 4.78 is 53.1. The third-order valence-corrected chi connectivity index (χ3v) is 11.2. The van der Waals surface area contributed by atoms with Crippen molar-refractivity contribution >= 4 is 88.9 Å². The zero-order valence-corrected chi connectivity index (χ0v) is 40.3. The Morgan fingerprint density at radius 3 is 1.68 bits per heavy atom. The first-order valence-corrected chi connectivity index (χ1v) is 21.3. The van der Waals surface area contributed by atoms with Gasteiger partial charge >= 0.3 is 64.4 Å². The summed E-state index contributed by atoms with van der Waals surface area (Å²) in [4.78, 5) is 50.0. The first kappa shape index (κ1) is 53.8. The SMILES string of the molecule is CNC(=O)NS(=O)(=O)c1ccc(N=Nc2c(C)[nH]n(-c3ccc(Cl)cc3)c2=O)c([O-])c1.CNC(=O)NS(=O)(=O)c1ccc(N=Nc2c([O-])ccc3ccc(NOC(C)=O)cc23)c([O-])c1.[Co+3].[Na+]. The minimum absolute atomic E-state index is 0. The van der Waals surface area contributed by atoms with Crippen LogP contribution < -0.4 is 76.0 Å². The van der Waals surface area contributed by atoms with E-state index in [0.29, 0.717) is 32.9 Å². The van der Waals surface area contributed by atoms with Crippen molar-refractivity contribution in [3.05, 3.63) is 112 Å². The maximum Gasteiger partial charge on any atom is 3.00 e. The molecule has 0 aliphatic carbocycles. The van der Waals surface area contributed by atoms with Gasteiger partial charge in [-0.15, -0.1) is 5.11 Å². The molecule has 0 saturated heterocycles. The number of hydrogen-bond donors (Lipinski definition) is 6. The van der Waals surface area contributed by atoms with Gasteiger partial charge in [0.1, 0.15) is 0 Å². The van der Waals surface area contributed by atoms with Crippen LogP contribution in [0.5, 0.6) is 17.2 Å². The summed E-state index contributed by atoms with van der Waals surface area (Å²) >= 11 is 5.86. The number of amides is 4. The van der Waals surface area contributed by atoms with Crippen molar-refractivity contribution in [1.82, 2.24) is 29.9 Å². The van der Waals surface area contributed by atoms with Crippen LogP contribution in [0.1, 0.15) is 12.6 Å². The van der Waals surface area contributed by atoms with E-state index in [1.807, 2.05) is 0 Å². The first-order valence-electron chi connectivity index (χ1n) is 17.9. The summed E-state index contributed by atoms with van der Waals surface area (Å²) in [5.41, 5.74) is 2.76. The maximum atomic E-state index is 12.6. The number of nitrogens with one attached hydrogen (secondary N) is 6. The molecule has 340 valence electrons. The van der Waals surface area contributed by atoms with Crippen molar-refractivity contribution in [2.75, 3.05) is 19.6 Å². The number of anilines is 1. The number of azo groups is 2. The summed E-state index contributed by atoms with van der Waals surface area (Å²) in [6, 6.07) is 18.3. The molecule has 66 heavy (non-hydrogen) atoms. The zero-order chi connectivity index (χ0) is 46.9. The number of nitrogens with zero attached hydrogens (tertiary/aromatic N) is 5. The van der Waals surface area contributed by atoms with Crippen LogP contribution in [-0.2, 0) is 46.5 Å². The number of carbonyl (C=O) groups excluding carboxylic acids is 3. The fourth-order valence-corrected chi connectivity index (χ4v) is 7.24. The molecule has 6 aromatic rings. The van der Waals surface area contributed by atoms with Crippen LogP contribution in [0.25, 0.3) is 16.5 Å². The third-order valence-electron chi connectivity index (χ3n) is 8.30. The molecule has 6 N–H and O–H groups in total. The Kier molecular flexibility index (Phi) is 18.8. The molecular weight excluding hydrogens is 984 g/mol. The second-order valence-electron chi connectivity index (χ2n) is 12.8. The Labute approximate surface area is 412 Å². The van der Waals surface area contributed by atoms with E-state index >= 15 is 0 Å². The van der Waals surface area contributed by atoms with Crippen LogP contribution >= 0.6 is 11.6 Å². The molecule has 0 unspecified atom stereocenters. The van der Waals surface area contributed by atoms with Crippen LogP contribution in [0.3, 0.4) is 0 Å². The predicted molar refractivity (Wildman–Crippen MR) is 225 cm³/mol. The number of H-pyrrole nitrogens is 1. The second kappa shape index (κ2) is 23.1. The van der Waals surface area contributed by atoms with Gasteiger partial charge in [-0.2, -0.15) is 15.3 Å². The average molecular weight is 1020 g/mol. The molecule has 0 spiro atoms. The second-order valence-corrected chi connectivity index (χ2v) is 16.6. The standard InChI is InChI=1S/C20H19N5O7S.C18H17ClN6O5S.Co.Na/c1-11(26)32-24-13-5-3-12-4-8-17(27)19(15(12)9-13)23-22-16-7-6-14(10-18(16)28)33(30,31)25-20(29)21-2;1-10-16(17(27)25(23-10)12-5-3-11(19)4-6-12)22-21-14-8-7-13(9-15(14)26)31(29,30)24-18(28)20-2;;/h3-10,24,27-28H,1-2H3,(H2,21,25,29);3-9,23,26H,1-2H3,(H2,20,24,28);;/q;;+3;+1/p-3. The molecule has 0 radical (unpaired) electrons. The Morgan fingerprint density at radius 1 is 0.697 bits per heavy atom. The normalized spacial score (nSPS) is 11.1. The smallest absolute Gasteiger partial charge is 0.871 e. The summed E-state index contributed by atoms with van der Waals surface area (Å²) in [5, 5.41) is 60.9. The van der Waals surface area contributed by atoms with Gasteiger partial charge in [-0.1, -0.05) is 47.0 Å². The van der Waals surface area contributed by atoms with E-state index in [2.05, 4.69) is 41.7 Å². The summed E-state index contributed by atoms with van der Waals surface area (Å²) in [5.74, 6) is -2.58. The number of carbonyl (C=O) groups is 3. The maximum absolute atomic E-state index is 12.6. The minimum atomic E-state index is -4.26. The molecule has 0 aliphatic rings. The molecule has 28 heteroatoms. The molecule has 0 fully saturated rings. The van der Waals surface area contributed by atoms with Gasteiger partial charge < -0.3 is 30.8 Å². The Morgan fingerprint density at radius 2 is 1.20 bits per heavy atom. The van der Waals surface area contributed by atoms with E-state index in [4.69, 9.17) is 16.4 Å². The molecule has 6 rings (SSSR count). The van der Waals surface area contributed by atoms with Gasteiger partial charge in [0.25, 0.3) is 25.6 Å². The quantitative estimate of drug-likeness (QED) is 0.0603. The van der Waals surface area contributed by atoms with E-state index in [1.165, 1.54) is 37.8 Å². The van der Waals surface area contributed by atoms with Crippen molar-refractivity contribution in [3.63, 3.8) is 0 Å². The summed E-state index contributed by atoms with van der Waals surface area (Å²) in [7, 11) is -6.00. The molecule has 23 nitrogen and oxygen atoms in total. The number of aryl methyl sites for hydroxylation is 1. The van der Waals surface area contributed by atoms with Crippen molar-refractivity contribution in [3.8, 4) is 22.9 Å². The monoisotopic (exact) mass is 1020 g/mol.